The van der Waals surface area contributed by atoms with Gasteiger partial charge in [-0.25, -0.2) is 19.7 Å². The first-order valence-electron chi connectivity index (χ1n) is 5.97. The first-order chi connectivity index (χ1) is 10.1. The number of pyridine rings is 1. The molecule has 0 aliphatic rings. The summed E-state index contributed by atoms with van der Waals surface area (Å²) in [5, 5.41) is 13.8. The summed E-state index contributed by atoms with van der Waals surface area (Å²) in [6.07, 6.45) is 0. The van der Waals surface area contributed by atoms with Crippen LogP contribution in [0.3, 0.4) is 0 Å². The number of rotatable bonds is 4. The zero-order chi connectivity index (χ0) is 14.8. The zero-order valence-corrected chi connectivity index (χ0v) is 13.8. The topological polar surface area (TPSA) is 88.0 Å². The van der Waals surface area contributed by atoms with Gasteiger partial charge in [-0.3, -0.25) is 0 Å². The number of anilines is 1. The number of thiophene rings is 1. The van der Waals surface area contributed by atoms with Crippen molar-refractivity contribution in [3.63, 3.8) is 0 Å². The smallest absolute Gasteiger partial charge is 0.356 e. The van der Waals surface area contributed by atoms with Crippen molar-refractivity contribution in [3.8, 4) is 0 Å². The lowest BCUT2D eigenvalue weighted by Gasteiger charge is -2.06. The molecule has 0 fully saturated rings. The first-order valence-corrected chi connectivity index (χ1v) is 6.85. The van der Waals surface area contributed by atoms with E-state index in [1.807, 2.05) is 0 Å². The molecule has 10 heteroatoms. The maximum atomic E-state index is 13.0. The fraction of sp³-hybridized carbons (Fsp3) is 0.0769. The Hall–Kier alpha value is -2.03. The summed E-state index contributed by atoms with van der Waals surface area (Å²) in [7, 11) is 0. The minimum absolute atomic E-state index is 0. The van der Waals surface area contributed by atoms with Gasteiger partial charge in [0.15, 0.2) is 5.69 Å². The monoisotopic (exact) mass is 376 g/mol. The molecule has 3 rings (SSSR count). The van der Waals surface area contributed by atoms with Crippen molar-refractivity contribution in [2.45, 2.75) is 6.54 Å². The first kappa shape index (κ1) is 19.0. The van der Waals surface area contributed by atoms with Crippen molar-refractivity contribution >= 4 is 58.3 Å². The summed E-state index contributed by atoms with van der Waals surface area (Å²) < 4.78 is 13.5. The van der Waals surface area contributed by atoms with Crippen LogP contribution in [0.4, 0.5) is 10.3 Å². The van der Waals surface area contributed by atoms with E-state index in [2.05, 4.69) is 20.3 Å². The third kappa shape index (κ3) is 4.25. The molecule has 0 spiro atoms. The van der Waals surface area contributed by atoms with Crippen LogP contribution in [0.1, 0.15) is 16.2 Å². The fourth-order valence-corrected chi connectivity index (χ4v) is 2.62. The van der Waals surface area contributed by atoms with Crippen molar-refractivity contribution in [1.82, 2.24) is 15.0 Å². The number of aromatic nitrogens is 3. The average molecular weight is 377 g/mol. The van der Waals surface area contributed by atoms with Crippen LogP contribution in [0.25, 0.3) is 10.2 Å². The highest BCUT2D eigenvalue weighted by Crippen LogP contribution is 2.23. The minimum atomic E-state index is -1.11. The lowest BCUT2D eigenvalue weighted by Crippen LogP contribution is -2.09. The van der Waals surface area contributed by atoms with Gasteiger partial charge in [0.2, 0.25) is 11.9 Å². The normalized spacial score (nSPS) is 9.78. The van der Waals surface area contributed by atoms with Crippen LogP contribution in [-0.2, 0) is 6.54 Å². The third-order valence-electron chi connectivity index (χ3n) is 2.71. The van der Waals surface area contributed by atoms with E-state index >= 15 is 0 Å². The van der Waals surface area contributed by atoms with Gasteiger partial charge in [-0.1, -0.05) is 6.07 Å². The van der Waals surface area contributed by atoms with Gasteiger partial charge in [0.05, 0.1) is 22.5 Å². The van der Waals surface area contributed by atoms with E-state index < -0.39 is 11.9 Å². The highest BCUT2D eigenvalue weighted by Gasteiger charge is 2.14. The molecule has 0 radical (unpaired) electrons. The molecular weight excluding hydrogens is 366 g/mol. The molecule has 0 saturated carbocycles. The Morgan fingerprint density at radius 3 is 2.70 bits per heavy atom. The summed E-state index contributed by atoms with van der Waals surface area (Å²) in [4.78, 5) is 23.1. The van der Waals surface area contributed by atoms with Crippen molar-refractivity contribution in [2.75, 3.05) is 5.32 Å². The second-order valence-electron chi connectivity index (χ2n) is 4.14. The van der Waals surface area contributed by atoms with Crippen LogP contribution >= 0.6 is 36.2 Å². The summed E-state index contributed by atoms with van der Waals surface area (Å²) >= 11 is 1.27. The van der Waals surface area contributed by atoms with E-state index in [1.165, 1.54) is 17.4 Å². The number of hydrogen-bond donors (Lipinski definition) is 2. The Labute approximate surface area is 146 Å². The SMILES string of the molecule is Cl.Cl.O=C(O)c1nc(NCc2cccc(F)n2)nc2ccsc12. The molecule has 3 heterocycles. The summed E-state index contributed by atoms with van der Waals surface area (Å²) in [5.41, 5.74) is 0.979. The van der Waals surface area contributed by atoms with Crippen LogP contribution in [0.5, 0.6) is 0 Å². The van der Waals surface area contributed by atoms with E-state index in [1.54, 1.807) is 23.6 Å². The van der Waals surface area contributed by atoms with Gasteiger partial charge in [0, 0.05) is 0 Å². The highest BCUT2D eigenvalue weighted by molar-refractivity contribution is 7.17. The minimum Gasteiger partial charge on any atom is -0.476 e. The molecule has 3 aromatic heterocycles. The van der Waals surface area contributed by atoms with E-state index in [9.17, 15) is 14.3 Å². The summed E-state index contributed by atoms with van der Waals surface area (Å²) in [5.74, 6) is -1.52. The average Bonchev–Trinajstić information content (AvgIpc) is 2.92. The van der Waals surface area contributed by atoms with Gasteiger partial charge in [-0.2, -0.15) is 4.39 Å². The standard InChI is InChI=1S/C13H9FN4O2S.2ClH/c14-9-3-1-2-7(16-9)6-15-13-17-8-4-5-21-11(8)10(18-13)12(19)20;;/h1-5H,6H2,(H,19,20)(H,15,17,18);2*1H. The van der Waals surface area contributed by atoms with Gasteiger partial charge in [0.1, 0.15) is 0 Å². The van der Waals surface area contributed by atoms with Crippen molar-refractivity contribution in [2.24, 2.45) is 0 Å². The van der Waals surface area contributed by atoms with Crippen molar-refractivity contribution in [1.29, 1.82) is 0 Å². The Morgan fingerprint density at radius 2 is 2.00 bits per heavy atom. The Morgan fingerprint density at radius 1 is 1.22 bits per heavy atom. The van der Waals surface area contributed by atoms with Gasteiger partial charge >= 0.3 is 5.97 Å². The van der Waals surface area contributed by atoms with Gasteiger partial charge < -0.3 is 10.4 Å². The fourth-order valence-electron chi connectivity index (χ4n) is 1.81. The predicted octanol–water partition coefficient (Wildman–Crippen LogP) is 3.38. The van der Waals surface area contributed by atoms with Crippen LogP contribution in [0, 0.1) is 5.95 Å². The number of aromatic carboxylic acids is 1. The number of hydrogen-bond acceptors (Lipinski definition) is 6. The van der Waals surface area contributed by atoms with Gasteiger partial charge in [-0.05, 0) is 23.6 Å². The maximum Gasteiger partial charge on any atom is 0.356 e. The molecule has 0 atom stereocenters. The predicted molar refractivity (Wildman–Crippen MR) is 90.4 cm³/mol. The van der Waals surface area contributed by atoms with Crippen LogP contribution in [0.2, 0.25) is 0 Å². The summed E-state index contributed by atoms with van der Waals surface area (Å²) in [6.45, 7) is 0.201. The van der Waals surface area contributed by atoms with Gasteiger partial charge in [0.25, 0.3) is 0 Å². The Kier molecular flexibility index (Phi) is 6.62. The second-order valence-corrected chi connectivity index (χ2v) is 5.06. The molecule has 23 heavy (non-hydrogen) atoms. The molecule has 0 amide bonds. The Balaban J connectivity index is 0.00000132. The highest BCUT2D eigenvalue weighted by atomic mass is 35.5. The molecule has 0 aromatic carbocycles. The molecular formula is C13H11Cl2FN4O2S. The lowest BCUT2D eigenvalue weighted by atomic mass is 10.3. The quantitative estimate of drug-likeness (QED) is 0.678. The molecule has 0 aliphatic carbocycles. The van der Waals surface area contributed by atoms with E-state index in [0.29, 0.717) is 15.9 Å². The molecule has 2 N–H and O–H groups in total. The number of carboxylic acid groups (broad SMARTS) is 1. The van der Waals surface area contributed by atoms with E-state index in [-0.39, 0.29) is 43.0 Å². The van der Waals surface area contributed by atoms with Crippen LogP contribution in [0.15, 0.2) is 29.6 Å². The van der Waals surface area contributed by atoms with E-state index in [4.69, 9.17) is 0 Å². The zero-order valence-electron chi connectivity index (χ0n) is 11.4. The number of nitrogens with zero attached hydrogens (tertiary/aromatic N) is 3. The van der Waals surface area contributed by atoms with Crippen LogP contribution in [-0.4, -0.2) is 26.0 Å². The third-order valence-corrected chi connectivity index (χ3v) is 3.62. The van der Waals surface area contributed by atoms with Crippen molar-refractivity contribution in [3.05, 3.63) is 47.0 Å². The number of halogens is 3. The number of fused-ring (bicyclic) bond motifs is 1. The molecule has 0 bridgehead atoms. The lowest BCUT2D eigenvalue weighted by molar-refractivity contribution is 0.0693. The van der Waals surface area contributed by atoms with Crippen LogP contribution < -0.4 is 5.32 Å². The molecule has 3 aromatic rings. The Bertz CT molecular complexity index is 831. The maximum absolute atomic E-state index is 13.0. The molecule has 0 saturated heterocycles. The van der Waals surface area contributed by atoms with Gasteiger partial charge in [-0.15, -0.1) is 36.2 Å². The number of carboxylic acids is 1. The largest absolute Gasteiger partial charge is 0.476 e. The summed E-state index contributed by atoms with van der Waals surface area (Å²) in [6, 6.07) is 6.17. The second kappa shape index (κ2) is 8.00. The molecule has 6 nitrogen and oxygen atoms in total. The molecule has 122 valence electrons. The number of carbonyl (C=O) groups is 1. The van der Waals surface area contributed by atoms with E-state index in [0.717, 1.165) is 0 Å². The number of nitrogens with one attached hydrogen (secondary N) is 1. The molecule has 0 unspecified atom stereocenters. The molecule has 0 aliphatic heterocycles. The van der Waals surface area contributed by atoms with Crippen molar-refractivity contribution < 1.29 is 14.3 Å².